The van der Waals surface area contributed by atoms with Crippen molar-refractivity contribution in [3.8, 4) is 0 Å². The number of hydrogen-bond donors (Lipinski definition) is 3. The van der Waals surface area contributed by atoms with Gasteiger partial charge >= 0.3 is 6.03 Å². The lowest BCUT2D eigenvalue weighted by Gasteiger charge is -2.49. The van der Waals surface area contributed by atoms with E-state index in [0.717, 1.165) is 5.56 Å². The summed E-state index contributed by atoms with van der Waals surface area (Å²) in [6, 6.07) is 8.85. The molecule has 0 spiro atoms. The van der Waals surface area contributed by atoms with Crippen LogP contribution in [-0.2, 0) is 20.9 Å². The van der Waals surface area contributed by atoms with Crippen LogP contribution in [0.1, 0.15) is 52.5 Å². The van der Waals surface area contributed by atoms with E-state index in [0.29, 0.717) is 25.8 Å². The molecule has 0 bridgehead atoms. The van der Waals surface area contributed by atoms with Gasteiger partial charge in [-0.2, -0.15) is 5.43 Å². The Hall–Kier alpha value is -3.14. The van der Waals surface area contributed by atoms with Crippen molar-refractivity contribution in [2.45, 2.75) is 77.9 Å². The molecule has 4 unspecified atom stereocenters. The van der Waals surface area contributed by atoms with Crippen LogP contribution in [-0.4, -0.2) is 69.5 Å². The first-order valence-corrected chi connectivity index (χ1v) is 12.5. The molecular weight excluding hydrogens is 448 g/mol. The summed E-state index contributed by atoms with van der Waals surface area (Å²) in [6.07, 6.45) is 0.847. The summed E-state index contributed by atoms with van der Waals surface area (Å²) >= 11 is 0. The van der Waals surface area contributed by atoms with Gasteiger partial charge in [0, 0.05) is 30.6 Å². The largest absolute Gasteiger partial charge is 0.354 e. The highest BCUT2D eigenvalue weighted by Gasteiger charge is 2.56. The van der Waals surface area contributed by atoms with Gasteiger partial charge in [0.2, 0.25) is 17.7 Å². The molecule has 1 aromatic carbocycles. The van der Waals surface area contributed by atoms with E-state index in [9.17, 15) is 19.2 Å². The van der Waals surface area contributed by atoms with Gasteiger partial charge in [-0.15, -0.1) is 0 Å². The van der Waals surface area contributed by atoms with Crippen LogP contribution < -0.4 is 16.1 Å². The first-order valence-electron chi connectivity index (χ1n) is 12.5. The van der Waals surface area contributed by atoms with E-state index in [1.807, 2.05) is 58.0 Å². The lowest BCUT2D eigenvalue weighted by molar-refractivity contribution is -0.159. The highest BCUT2D eigenvalue weighted by Crippen LogP contribution is 2.40. The predicted octanol–water partition coefficient (Wildman–Crippen LogP) is 1.39. The number of nitrogens with zero attached hydrogens (tertiary/aromatic N) is 3. The Bertz CT molecular complexity index is 968. The number of urea groups is 1. The zero-order valence-corrected chi connectivity index (χ0v) is 20.9. The van der Waals surface area contributed by atoms with Gasteiger partial charge in [0.25, 0.3) is 0 Å². The van der Waals surface area contributed by atoms with Gasteiger partial charge in [0.05, 0.1) is 5.92 Å². The Balaban J connectivity index is 1.60. The number of hydrogen-bond acceptors (Lipinski definition) is 5. The van der Waals surface area contributed by atoms with Crippen LogP contribution in [0.5, 0.6) is 0 Å². The molecule has 2 aliphatic heterocycles. The Morgan fingerprint density at radius 3 is 2.37 bits per heavy atom. The highest BCUT2D eigenvalue weighted by atomic mass is 16.2. The van der Waals surface area contributed by atoms with Crippen molar-refractivity contribution in [3.05, 3.63) is 35.9 Å². The van der Waals surface area contributed by atoms with Gasteiger partial charge < -0.3 is 15.5 Å². The second kappa shape index (κ2) is 10.2. The molecular formula is C25H36N6O4. The van der Waals surface area contributed by atoms with Crippen LogP contribution >= 0.6 is 0 Å². The first-order chi connectivity index (χ1) is 16.7. The minimum absolute atomic E-state index is 0.0207. The maximum absolute atomic E-state index is 13.7. The molecule has 3 fully saturated rings. The van der Waals surface area contributed by atoms with Crippen LogP contribution in [0.4, 0.5) is 4.79 Å². The van der Waals surface area contributed by atoms with Crippen LogP contribution in [0.3, 0.4) is 0 Å². The van der Waals surface area contributed by atoms with Gasteiger partial charge in [0.1, 0.15) is 6.54 Å². The molecule has 5 amide bonds. The van der Waals surface area contributed by atoms with Gasteiger partial charge in [0.15, 0.2) is 6.29 Å². The number of hydrazine groups is 1. The summed E-state index contributed by atoms with van der Waals surface area (Å²) in [5.74, 6) is -0.998. The van der Waals surface area contributed by atoms with Gasteiger partial charge in [-0.3, -0.25) is 19.3 Å². The van der Waals surface area contributed by atoms with Crippen molar-refractivity contribution in [1.82, 2.24) is 30.9 Å². The SMILES string of the molecule is CC(C)NC(=O)CN1NC2N(Cc3ccccc3)C(=O)C3CCC(C(=O)NC(C)C)CC3N2C1=O. The fraction of sp³-hybridized carbons (Fsp3) is 0.600. The zero-order chi connectivity index (χ0) is 25.3. The van der Waals surface area contributed by atoms with Crippen LogP contribution in [0.2, 0.25) is 0 Å². The molecule has 4 atom stereocenters. The lowest BCUT2D eigenvalue weighted by Crippen LogP contribution is -2.66. The molecule has 2 heterocycles. The summed E-state index contributed by atoms with van der Waals surface area (Å²) in [5, 5.41) is 7.06. The van der Waals surface area contributed by atoms with Crippen molar-refractivity contribution in [2.24, 2.45) is 11.8 Å². The second-order valence-corrected chi connectivity index (χ2v) is 10.3. The fourth-order valence-electron chi connectivity index (χ4n) is 5.33. The standard InChI is InChI=1S/C25H36N6O4/c1-15(2)26-21(32)14-30-25(35)31-20-12-18(22(33)27-16(3)4)10-11-19(20)23(34)29(24(31)28-30)13-17-8-6-5-7-9-17/h5-9,15-16,18-20,24,28H,10-14H2,1-4H3,(H,26,32)(H,27,33). The van der Waals surface area contributed by atoms with E-state index >= 15 is 0 Å². The van der Waals surface area contributed by atoms with E-state index in [-0.39, 0.29) is 54.2 Å². The number of carbonyl (C=O) groups is 4. The molecule has 10 heteroatoms. The molecule has 1 saturated carbocycles. The summed E-state index contributed by atoms with van der Waals surface area (Å²) in [7, 11) is 0. The Morgan fingerprint density at radius 1 is 1.03 bits per heavy atom. The first kappa shape index (κ1) is 25.0. The second-order valence-electron chi connectivity index (χ2n) is 10.3. The maximum atomic E-state index is 13.7. The molecule has 3 aliphatic rings. The van der Waals surface area contributed by atoms with Crippen molar-refractivity contribution in [3.63, 3.8) is 0 Å². The van der Waals surface area contributed by atoms with Gasteiger partial charge in [-0.25, -0.2) is 9.80 Å². The topological polar surface area (TPSA) is 114 Å². The van der Waals surface area contributed by atoms with Crippen molar-refractivity contribution in [2.75, 3.05) is 6.54 Å². The van der Waals surface area contributed by atoms with Crippen molar-refractivity contribution < 1.29 is 19.2 Å². The van der Waals surface area contributed by atoms with E-state index < -0.39 is 12.3 Å². The van der Waals surface area contributed by atoms with Gasteiger partial charge in [-0.1, -0.05) is 30.3 Å². The Kier molecular flexibility index (Phi) is 7.30. The lowest BCUT2D eigenvalue weighted by atomic mass is 9.75. The molecule has 1 aliphatic carbocycles. The maximum Gasteiger partial charge on any atom is 0.337 e. The minimum Gasteiger partial charge on any atom is -0.354 e. The number of nitrogens with one attached hydrogen (secondary N) is 3. The third kappa shape index (κ3) is 5.27. The van der Waals surface area contributed by atoms with E-state index in [1.165, 1.54) is 5.01 Å². The zero-order valence-electron chi connectivity index (χ0n) is 20.9. The number of fused-ring (bicyclic) bond motifs is 3. The molecule has 4 rings (SSSR count). The van der Waals surface area contributed by atoms with E-state index in [4.69, 9.17) is 0 Å². The molecule has 190 valence electrons. The Labute approximate surface area is 206 Å². The summed E-state index contributed by atoms with van der Waals surface area (Å²) in [4.78, 5) is 55.8. The van der Waals surface area contributed by atoms with Crippen molar-refractivity contribution >= 4 is 23.8 Å². The molecule has 0 aromatic heterocycles. The fourth-order valence-corrected chi connectivity index (χ4v) is 5.33. The molecule has 1 aromatic rings. The molecule has 35 heavy (non-hydrogen) atoms. The normalized spacial score (nSPS) is 26.2. The number of carbonyl (C=O) groups excluding carboxylic acids is 4. The quantitative estimate of drug-likeness (QED) is 0.541. The highest BCUT2D eigenvalue weighted by molar-refractivity contribution is 5.89. The Morgan fingerprint density at radius 2 is 1.71 bits per heavy atom. The average Bonchev–Trinajstić information content (AvgIpc) is 3.11. The van der Waals surface area contributed by atoms with Crippen LogP contribution in [0, 0.1) is 11.8 Å². The minimum atomic E-state index is -0.713. The third-order valence-electron chi connectivity index (χ3n) is 6.80. The summed E-state index contributed by atoms with van der Waals surface area (Å²) < 4.78 is 0. The van der Waals surface area contributed by atoms with E-state index in [1.54, 1.807) is 9.80 Å². The smallest absolute Gasteiger partial charge is 0.337 e. The summed E-state index contributed by atoms with van der Waals surface area (Å²) in [6.45, 7) is 7.73. The molecule has 0 radical (unpaired) electrons. The number of amides is 5. The number of rotatable bonds is 7. The molecule has 2 saturated heterocycles. The molecule has 3 N–H and O–H groups in total. The monoisotopic (exact) mass is 484 g/mol. The van der Waals surface area contributed by atoms with Gasteiger partial charge in [-0.05, 0) is 52.5 Å². The predicted molar refractivity (Wildman–Crippen MR) is 129 cm³/mol. The van der Waals surface area contributed by atoms with Crippen LogP contribution in [0.15, 0.2) is 30.3 Å². The van der Waals surface area contributed by atoms with E-state index in [2.05, 4.69) is 16.1 Å². The molecule has 10 nitrogen and oxygen atoms in total. The average molecular weight is 485 g/mol. The van der Waals surface area contributed by atoms with Crippen LogP contribution in [0.25, 0.3) is 0 Å². The summed E-state index contributed by atoms with van der Waals surface area (Å²) in [5.41, 5.74) is 4.06. The van der Waals surface area contributed by atoms with Crippen molar-refractivity contribution in [1.29, 1.82) is 0 Å². The third-order valence-corrected chi connectivity index (χ3v) is 6.80. The number of benzene rings is 1.